The summed E-state index contributed by atoms with van der Waals surface area (Å²) in [6.07, 6.45) is 2.17. The number of hydrogen-bond donors (Lipinski definition) is 1. The fraction of sp³-hybridized carbons (Fsp3) is 0.400. The number of thiazole rings is 1. The lowest BCUT2D eigenvalue weighted by atomic mass is 10.2. The molecule has 0 aliphatic carbocycles. The summed E-state index contributed by atoms with van der Waals surface area (Å²) in [7, 11) is 0. The maximum atomic E-state index is 5.79. The van der Waals surface area contributed by atoms with Gasteiger partial charge in [0, 0.05) is 16.3 Å². The Bertz CT molecular complexity index is 535. The van der Waals surface area contributed by atoms with Gasteiger partial charge < -0.3 is 5.73 Å². The van der Waals surface area contributed by atoms with Crippen molar-refractivity contribution in [3.05, 3.63) is 45.4 Å². The minimum Gasteiger partial charge on any atom is -0.326 e. The van der Waals surface area contributed by atoms with Crippen molar-refractivity contribution in [1.82, 2.24) is 4.98 Å². The van der Waals surface area contributed by atoms with Crippen molar-refractivity contribution in [2.24, 2.45) is 5.73 Å². The van der Waals surface area contributed by atoms with Crippen LogP contribution < -0.4 is 5.73 Å². The van der Waals surface area contributed by atoms with Gasteiger partial charge in [0.1, 0.15) is 5.01 Å². The van der Waals surface area contributed by atoms with Gasteiger partial charge in [-0.05, 0) is 25.0 Å². The molecule has 4 heteroatoms. The third kappa shape index (κ3) is 3.81. The summed E-state index contributed by atoms with van der Waals surface area (Å²) in [5, 5.41) is 1.19. The number of thioether (sulfide) groups is 1. The molecular formula is C15H20N2S2. The summed E-state index contributed by atoms with van der Waals surface area (Å²) in [5.41, 5.74) is 8.32. The van der Waals surface area contributed by atoms with Crippen LogP contribution in [-0.2, 0) is 18.7 Å². The molecule has 2 nitrogen and oxygen atoms in total. The van der Waals surface area contributed by atoms with Crippen LogP contribution in [0.1, 0.15) is 34.5 Å². The largest absolute Gasteiger partial charge is 0.326 e. The third-order valence-electron chi connectivity index (χ3n) is 2.94. The van der Waals surface area contributed by atoms with E-state index in [4.69, 9.17) is 10.7 Å². The van der Waals surface area contributed by atoms with E-state index in [9.17, 15) is 0 Å². The molecule has 1 aromatic carbocycles. The zero-order chi connectivity index (χ0) is 13.7. The summed E-state index contributed by atoms with van der Waals surface area (Å²) < 4.78 is 0. The summed E-state index contributed by atoms with van der Waals surface area (Å²) in [6.45, 7) is 4.95. The highest BCUT2D eigenvalue weighted by atomic mass is 32.2. The van der Waals surface area contributed by atoms with Crippen molar-refractivity contribution in [2.45, 2.75) is 43.9 Å². The van der Waals surface area contributed by atoms with Crippen LogP contribution in [0.4, 0.5) is 0 Å². The monoisotopic (exact) mass is 292 g/mol. The second kappa shape index (κ2) is 7.08. The Hall–Kier alpha value is -0.840. The summed E-state index contributed by atoms with van der Waals surface area (Å²) >= 11 is 3.63. The number of aromatic nitrogens is 1. The van der Waals surface area contributed by atoms with Gasteiger partial charge in [0.05, 0.1) is 11.4 Å². The van der Waals surface area contributed by atoms with Crippen LogP contribution in [0.5, 0.6) is 0 Å². The third-order valence-corrected chi connectivity index (χ3v) is 5.43. The van der Waals surface area contributed by atoms with Gasteiger partial charge in [-0.2, -0.15) is 0 Å². The molecule has 0 saturated heterocycles. The highest BCUT2D eigenvalue weighted by Gasteiger charge is 2.09. The number of hydrogen-bond acceptors (Lipinski definition) is 4. The Morgan fingerprint density at radius 1 is 1.32 bits per heavy atom. The van der Waals surface area contributed by atoms with Crippen LogP contribution in [0, 0.1) is 6.92 Å². The van der Waals surface area contributed by atoms with E-state index in [-0.39, 0.29) is 0 Å². The number of nitrogens with two attached hydrogens (primary N) is 1. The number of aryl methyl sites for hydroxylation is 2. The predicted molar refractivity (Wildman–Crippen MR) is 84.7 cm³/mol. The maximum Gasteiger partial charge on any atom is 0.103 e. The van der Waals surface area contributed by atoms with Gasteiger partial charge >= 0.3 is 0 Å². The van der Waals surface area contributed by atoms with E-state index in [0.29, 0.717) is 6.54 Å². The molecule has 2 rings (SSSR count). The lowest BCUT2D eigenvalue weighted by Crippen LogP contribution is -1.97. The van der Waals surface area contributed by atoms with Gasteiger partial charge in [-0.1, -0.05) is 31.5 Å². The van der Waals surface area contributed by atoms with Crippen molar-refractivity contribution in [1.29, 1.82) is 0 Å². The molecule has 0 aliphatic heterocycles. The molecule has 2 N–H and O–H groups in total. The molecule has 102 valence electrons. The van der Waals surface area contributed by atoms with Gasteiger partial charge in [0.2, 0.25) is 0 Å². The Balaban J connectivity index is 2.05. The number of rotatable bonds is 6. The molecule has 0 unspecified atom stereocenters. The Labute approximate surface area is 123 Å². The SMILES string of the molecule is CCCc1nc(CSc2ccccc2C)sc1CN. The minimum absolute atomic E-state index is 0.613. The molecule has 0 fully saturated rings. The van der Waals surface area contributed by atoms with Crippen LogP contribution in [0.15, 0.2) is 29.2 Å². The molecule has 0 atom stereocenters. The molecule has 1 heterocycles. The second-order valence-electron chi connectivity index (χ2n) is 4.49. The maximum absolute atomic E-state index is 5.79. The molecule has 0 spiro atoms. The smallest absolute Gasteiger partial charge is 0.103 e. The zero-order valence-corrected chi connectivity index (χ0v) is 13.1. The molecular weight excluding hydrogens is 272 g/mol. The lowest BCUT2D eigenvalue weighted by molar-refractivity contribution is 0.866. The van der Waals surface area contributed by atoms with Crippen LogP contribution in [0.3, 0.4) is 0 Å². The normalized spacial score (nSPS) is 10.9. The van der Waals surface area contributed by atoms with E-state index in [1.54, 1.807) is 11.3 Å². The van der Waals surface area contributed by atoms with E-state index in [2.05, 4.69) is 38.1 Å². The fourth-order valence-corrected chi connectivity index (χ4v) is 3.96. The topological polar surface area (TPSA) is 38.9 Å². The molecule has 19 heavy (non-hydrogen) atoms. The first-order valence-corrected chi connectivity index (χ1v) is 8.40. The summed E-state index contributed by atoms with van der Waals surface area (Å²) in [5.74, 6) is 0.937. The van der Waals surface area contributed by atoms with Crippen molar-refractivity contribution in [3.63, 3.8) is 0 Å². The zero-order valence-electron chi connectivity index (χ0n) is 11.5. The van der Waals surface area contributed by atoms with Gasteiger partial charge in [-0.15, -0.1) is 23.1 Å². The molecule has 0 bridgehead atoms. The highest BCUT2D eigenvalue weighted by Crippen LogP contribution is 2.29. The molecule has 0 saturated carbocycles. The summed E-state index contributed by atoms with van der Waals surface area (Å²) in [4.78, 5) is 7.32. The van der Waals surface area contributed by atoms with Crippen molar-refractivity contribution < 1.29 is 0 Å². The van der Waals surface area contributed by atoms with Crippen LogP contribution in [0.25, 0.3) is 0 Å². The van der Waals surface area contributed by atoms with Crippen LogP contribution in [-0.4, -0.2) is 4.98 Å². The van der Waals surface area contributed by atoms with Crippen molar-refractivity contribution in [2.75, 3.05) is 0 Å². The van der Waals surface area contributed by atoms with E-state index in [1.807, 2.05) is 11.8 Å². The summed E-state index contributed by atoms with van der Waals surface area (Å²) in [6, 6.07) is 8.49. The predicted octanol–water partition coefficient (Wildman–Crippen LogP) is 4.16. The number of benzene rings is 1. The molecule has 1 aromatic heterocycles. The van der Waals surface area contributed by atoms with Crippen molar-refractivity contribution >= 4 is 23.1 Å². The highest BCUT2D eigenvalue weighted by molar-refractivity contribution is 7.98. The standard InChI is InChI=1S/C15H20N2S2/c1-3-6-12-14(9-16)19-15(17-12)10-18-13-8-5-4-7-11(13)2/h4-5,7-8H,3,6,9-10,16H2,1-2H3. The minimum atomic E-state index is 0.613. The van der Waals surface area contributed by atoms with E-state index in [0.717, 1.165) is 18.6 Å². The Morgan fingerprint density at radius 3 is 2.79 bits per heavy atom. The average molecular weight is 292 g/mol. The molecule has 0 aliphatic rings. The fourth-order valence-electron chi connectivity index (χ4n) is 1.95. The van der Waals surface area contributed by atoms with Crippen LogP contribution in [0.2, 0.25) is 0 Å². The molecule has 0 amide bonds. The van der Waals surface area contributed by atoms with E-state index in [1.165, 1.54) is 26.0 Å². The van der Waals surface area contributed by atoms with Gasteiger partial charge in [-0.3, -0.25) is 0 Å². The van der Waals surface area contributed by atoms with E-state index >= 15 is 0 Å². The Morgan fingerprint density at radius 2 is 2.11 bits per heavy atom. The quantitative estimate of drug-likeness (QED) is 0.813. The van der Waals surface area contributed by atoms with Gasteiger partial charge in [0.25, 0.3) is 0 Å². The molecule has 0 radical (unpaired) electrons. The number of nitrogens with zero attached hydrogens (tertiary/aromatic N) is 1. The first-order valence-electron chi connectivity index (χ1n) is 6.60. The Kier molecular flexibility index (Phi) is 5.43. The second-order valence-corrected chi connectivity index (χ2v) is 6.67. The van der Waals surface area contributed by atoms with E-state index < -0.39 is 0 Å². The van der Waals surface area contributed by atoms with Crippen LogP contribution >= 0.6 is 23.1 Å². The van der Waals surface area contributed by atoms with Gasteiger partial charge in [0.15, 0.2) is 0 Å². The lowest BCUT2D eigenvalue weighted by Gasteiger charge is -2.02. The molecule has 2 aromatic rings. The first-order chi connectivity index (χ1) is 9.24. The van der Waals surface area contributed by atoms with Crippen molar-refractivity contribution in [3.8, 4) is 0 Å². The average Bonchev–Trinajstić information content (AvgIpc) is 2.81. The first kappa shape index (κ1) is 14.6. The van der Waals surface area contributed by atoms with Gasteiger partial charge in [-0.25, -0.2) is 4.98 Å².